The Morgan fingerprint density at radius 1 is 1.22 bits per heavy atom. The van der Waals surface area contributed by atoms with Crippen molar-refractivity contribution in [3.05, 3.63) is 53.8 Å². The van der Waals surface area contributed by atoms with Crippen LogP contribution in [0.3, 0.4) is 0 Å². The van der Waals surface area contributed by atoms with Gasteiger partial charge in [-0.1, -0.05) is 56.4 Å². The summed E-state index contributed by atoms with van der Waals surface area (Å²) in [4.78, 5) is 0. The fraction of sp³-hybridized carbons (Fsp3) is 0.400. The molecule has 0 aliphatic carbocycles. The molecule has 92 valence electrons. The predicted molar refractivity (Wildman–Crippen MR) is 67.4 cm³/mol. The third-order valence-electron chi connectivity index (χ3n) is 2.11. The van der Waals surface area contributed by atoms with Gasteiger partial charge in [-0.15, -0.1) is 5.73 Å². The number of benzene rings is 1. The van der Waals surface area contributed by atoms with E-state index in [0.717, 1.165) is 5.56 Å². The normalized spacial score (nSPS) is 11.3. The molecule has 1 aromatic rings. The molecule has 0 spiro atoms. The second-order valence-corrected chi connectivity index (χ2v) is 4.28. The molecule has 18 heavy (non-hydrogen) atoms. The molecule has 1 rings (SSSR count). The second-order valence-electron chi connectivity index (χ2n) is 4.28. The first-order chi connectivity index (χ1) is 8.18. The number of hydrogen-bond donors (Lipinski definition) is 0. The zero-order valence-electron chi connectivity index (χ0n) is 11.4. The van der Waals surface area contributed by atoms with Gasteiger partial charge in [-0.2, -0.15) is 0 Å². The van der Waals surface area contributed by atoms with Crippen LogP contribution in [0.15, 0.2) is 48.2 Å². The van der Waals surface area contributed by atoms with Crippen LogP contribution >= 0.6 is 0 Å². The zero-order chi connectivity index (χ0) is 12.5. The summed E-state index contributed by atoms with van der Waals surface area (Å²) >= 11 is 0. The largest absolute Gasteiger partial charge is 1.00 e. The SMILES string of the molecule is CC(C)C=C=C[C@@H]([O-])COCc1ccccc1.[Li+]. The van der Waals surface area contributed by atoms with Crippen LogP contribution in [0.2, 0.25) is 0 Å². The van der Waals surface area contributed by atoms with E-state index in [4.69, 9.17) is 4.74 Å². The molecule has 0 heterocycles. The number of hydrogen-bond acceptors (Lipinski definition) is 2. The predicted octanol–water partition coefficient (Wildman–Crippen LogP) is -0.697. The van der Waals surface area contributed by atoms with Gasteiger partial charge in [0.05, 0.1) is 6.61 Å². The van der Waals surface area contributed by atoms with E-state index in [-0.39, 0.29) is 25.5 Å². The molecule has 2 nitrogen and oxygen atoms in total. The van der Waals surface area contributed by atoms with Gasteiger partial charge in [0.2, 0.25) is 0 Å². The maximum absolute atomic E-state index is 11.4. The summed E-state index contributed by atoms with van der Waals surface area (Å²) in [5.74, 6) is 0.420. The first-order valence-electron chi connectivity index (χ1n) is 5.88. The Balaban J connectivity index is 0.00000289. The van der Waals surface area contributed by atoms with Crippen LogP contribution in [0, 0.1) is 5.92 Å². The van der Waals surface area contributed by atoms with Gasteiger partial charge >= 0.3 is 18.9 Å². The van der Waals surface area contributed by atoms with Crippen LogP contribution in [0.5, 0.6) is 0 Å². The minimum absolute atomic E-state index is 0. The Morgan fingerprint density at radius 3 is 2.50 bits per heavy atom. The van der Waals surface area contributed by atoms with Crippen LogP contribution in [0.1, 0.15) is 19.4 Å². The molecule has 0 bridgehead atoms. The molecule has 0 saturated carbocycles. The molecule has 0 fully saturated rings. The van der Waals surface area contributed by atoms with Crippen LogP contribution in [0.4, 0.5) is 0 Å². The monoisotopic (exact) mass is 238 g/mol. The van der Waals surface area contributed by atoms with Crippen molar-refractivity contribution in [3.8, 4) is 0 Å². The van der Waals surface area contributed by atoms with Crippen LogP contribution < -0.4 is 24.0 Å². The summed E-state index contributed by atoms with van der Waals surface area (Å²) in [7, 11) is 0. The van der Waals surface area contributed by atoms with Crippen molar-refractivity contribution in [1.29, 1.82) is 0 Å². The number of rotatable bonds is 6. The van der Waals surface area contributed by atoms with E-state index in [2.05, 4.69) is 5.73 Å². The maximum atomic E-state index is 11.4. The van der Waals surface area contributed by atoms with Gasteiger partial charge in [0.1, 0.15) is 0 Å². The fourth-order valence-electron chi connectivity index (χ4n) is 1.27. The Labute approximate surface area is 122 Å². The Kier molecular flexibility index (Phi) is 9.78. The van der Waals surface area contributed by atoms with Crippen molar-refractivity contribution in [2.45, 2.75) is 26.6 Å². The summed E-state index contributed by atoms with van der Waals surface area (Å²) in [5.41, 5.74) is 3.98. The minimum Gasteiger partial charge on any atom is -0.847 e. The third-order valence-corrected chi connectivity index (χ3v) is 2.11. The average Bonchev–Trinajstić information content (AvgIpc) is 2.30. The molecular weight excluding hydrogens is 219 g/mol. The van der Waals surface area contributed by atoms with Crippen molar-refractivity contribution in [2.24, 2.45) is 5.92 Å². The van der Waals surface area contributed by atoms with Gasteiger partial charge in [-0.05, 0) is 17.6 Å². The van der Waals surface area contributed by atoms with Gasteiger partial charge < -0.3 is 9.84 Å². The van der Waals surface area contributed by atoms with E-state index >= 15 is 0 Å². The smallest absolute Gasteiger partial charge is 0.847 e. The maximum Gasteiger partial charge on any atom is 1.00 e. The molecule has 3 heteroatoms. The Morgan fingerprint density at radius 2 is 1.89 bits per heavy atom. The van der Waals surface area contributed by atoms with E-state index in [1.54, 1.807) is 0 Å². The van der Waals surface area contributed by atoms with Gasteiger partial charge in [0, 0.05) is 6.61 Å². The summed E-state index contributed by atoms with van der Waals surface area (Å²) < 4.78 is 5.34. The van der Waals surface area contributed by atoms with Crippen molar-refractivity contribution in [1.82, 2.24) is 0 Å². The molecule has 0 amide bonds. The number of ether oxygens (including phenoxy) is 1. The van der Waals surface area contributed by atoms with E-state index < -0.39 is 6.10 Å². The minimum atomic E-state index is -0.839. The Hall–Kier alpha value is -0.743. The van der Waals surface area contributed by atoms with E-state index in [0.29, 0.717) is 12.5 Å². The van der Waals surface area contributed by atoms with Crippen LogP contribution in [-0.4, -0.2) is 12.7 Å². The topological polar surface area (TPSA) is 32.3 Å². The first-order valence-corrected chi connectivity index (χ1v) is 5.88. The van der Waals surface area contributed by atoms with E-state index in [9.17, 15) is 5.11 Å². The molecule has 0 N–H and O–H groups in total. The van der Waals surface area contributed by atoms with Gasteiger partial charge in [-0.3, -0.25) is 0 Å². The van der Waals surface area contributed by atoms with Crippen molar-refractivity contribution >= 4 is 0 Å². The average molecular weight is 238 g/mol. The van der Waals surface area contributed by atoms with Gasteiger partial charge in [0.15, 0.2) is 0 Å². The van der Waals surface area contributed by atoms with Crippen molar-refractivity contribution in [2.75, 3.05) is 6.61 Å². The molecule has 0 aliphatic rings. The quantitative estimate of drug-likeness (QED) is 0.485. The molecule has 0 unspecified atom stereocenters. The van der Waals surface area contributed by atoms with Crippen LogP contribution in [0.25, 0.3) is 0 Å². The molecule has 0 aromatic heterocycles. The molecule has 0 radical (unpaired) electrons. The summed E-state index contributed by atoms with van der Waals surface area (Å²) in [6.45, 7) is 4.77. The van der Waals surface area contributed by atoms with E-state index in [1.807, 2.05) is 50.3 Å². The molecule has 0 aliphatic heterocycles. The molecule has 1 atom stereocenters. The van der Waals surface area contributed by atoms with Crippen LogP contribution in [-0.2, 0) is 11.3 Å². The van der Waals surface area contributed by atoms with Gasteiger partial charge in [-0.25, -0.2) is 0 Å². The molecule has 0 saturated heterocycles. The van der Waals surface area contributed by atoms with Gasteiger partial charge in [0.25, 0.3) is 0 Å². The second kappa shape index (κ2) is 10.2. The van der Waals surface area contributed by atoms with Crippen molar-refractivity contribution in [3.63, 3.8) is 0 Å². The third kappa shape index (κ3) is 8.36. The zero-order valence-corrected chi connectivity index (χ0v) is 11.4. The summed E-state index contributed by atoms with van der Waals surface area (Å²) in [6.07, 6.45) is 2.56. The van der Waals surface area contributed by atoms with Crippen molar-refractivity contribution < 1.29 is 28.7 Å². The molecular formula is C15H19LiO2. The first kappa shape index (κ1) is 17.3. The molecule has 1 aromatic carbocycles. The standard InChI is InChI=1S/C15H19O2.Li/c1-13(2)7-6-10-15(16)12-17-11-14-8-4-3-5-9-14;/h3-5,7-10,13,15H,11-12H2,1-2H3;/q-1;+1/t6?,15-;/m1./s1. The van der Waals surface area contributed by atoms with E-state index in [1.165, 1.54) is 6.08 Å². The summed E-state index contributed by atoms with van der Waals surface area (Å²) in [6, 6.07) is 9.83. The fourth-order valence-corrected chi connectivity index (χ4v) is 1.27. The summed E-state index contributed by atoms with van der Waals surface area (Å²) in [5, 5.41) is 11.4. The Bertz CT molecular complexity index is 367.